The average Bonchev–Trinajstić information content (AvgIpc) is 2.81. The largest absolute Gasteiger partial charge is 0.444 e. The van der Waals surface area contributed by atoms with Crippen LogP contribution in [0.25, 0.3) is 0 Å². The summed E-state index contributed by atoms with van der Waals surface area (Å²) in [5.74, 6) is 0. The van der Waals surface area contributed by atoms with Crippen LogP contribution >= 0.6 is 11.3 Å². The zero-order chi connectivity index (χ0) is 11.2. The van der Waals surface area contributed by atoms with Gasteiger partial charge in [0.2, 0.25) is 0 Å². The lowest BCUT2D eigenvalue weighted by molar-refractivity contribution is 0.155. The van der Waals surface area contributed by atoms with Gasteiger partial charge < -0.3 is 4.74 Å². The third-order valence-corrected chi connectivity index (χ3v) is 2.74. The number of benzene rings is 1. The second kappa shape index (κ2) is 5.32. The van der Waals surface area contributed by atoms with Gasteiger partial charge in [-0.1, -0.05) is 30.3 Å². The zero-order valence-electron chi connectivity index (χ0n) is 8.55. The highest BCUT2D eigenvalue weighted by Crippen LogP contribution is 2.15. The van der Waals surface area contributed by atoms with Crippen molar-refractivity contribution in [3.05, 3.63) is 53.4 Å². The molecule has 0 unspecified atom stereocenters. The lowest BCUT2D eigenvalue weighted by Crippen LogP contribution is -2.12. The van der Waals surface area contributed by atoms with Crippen LogP contribution in [0.2, 0.25) is 0 Å². The number of thiophene rings is 1. The first-order valence-corrected chi connectivity index (χ1v) is 5.74. The van der Waals surface area contributed by atoms with Crippen LogP contribution in [-0.2, 0) is 11.3 Å². The minimum Gasteiger partial charge on any atom is -0.444 e. The SMILES string of the molecule is O=C(Nc1cccs1)OCc1ccccc1. The molecule has 1 N–H and O–H groups in total. The van der Waals surface area contributed by atoms with Gasteiger partial charge in [-0.05, 0) is 23.1 Å². The molecule has 4 heteroatoms. The molecule has 0 saturated heterocycles. The topological polar surface area (TPSA) is 38.3 Å². The van der Waals surface area contributed by atoms with Crippen molar-refractivity contribution in [2.45, 2.75) is 6.61 Å². The summed E-state index contributed by atoms with van der Waals surface area (Å²) in [4.78, 5) is 11.4. The van der Waals surface area contributed by atoms with Crippen LogP contribution in [0.15, 0.2) is 47.8 Å². The molecule has 1 heterocycles. The van der Waals surface area contributed by atoms with E-state index >= 15 is 0 Å². The number of rotatable bonds is 3. The third-order valence-electron chi connectivity index (χ3n) is 1.96. The van der Waals surface area contributed by atoms with Gasteiger partial charge in [-0.15, -0.1) is 11.3 Å². The van der Waals surface area contributed by atoms with Gasteiger partial charge in [-0.25, -0.2) is 4.79 Å². The number of amides is 1. The molecule has 2 rings (SSSR count). The highest BCUT2D eigenvalue weighted by Gasteiger charge is 2.03. The number of ether oxygens (including phenoxy) is 1. The van der Waals surface area contributed by atoms with Crippen molar-refractivity contribution in [1.29, 1.82) is 0 Å². The lowest BCUT2D eigenvalue weighted by atomic mass is 10.2. The van der Waals surface area contributed by atoms with Gasteiger partial charge in [0.1, 0.15) is 6.61 Å². The Morgan fingerprint density at radius 3 is 2.69 bits per heavy atom. The molecular weight excluding hydrogens is 222 g/mol. The first kappa shape index (κ1) is 10.7. The standard InChI is InChI=1S/C12H11NO2S/c14-12(13-11-7-4-8-16-11)15-9-10-5-2-1-3-6-10/h1-8H,9H2,(H,13,14). The molecule has 0 radical (unpaired) electrons. The fraction of sp³-hybridized carbons (Fsp3) is 0.0833. The van der Waals surface area contributed by atoms with Gasteiger partial charge >= 0.3 is 6.09 Å². The molecular formula is C12H11NO2S. The Labute approximate surface area is 97.7 Å². The molecule has 0 aliphatic heterocycles. The van der Waals surface area contributed by atoms with E-state index in [1.165, 1.54) is 11.3 Å². The second-order valence-electron chi connectivity index (χ2n) is 3.16. The third kappa shape index (κ3) is 3.10. The molecule has 0 atom stereocenters. The molecule has 82 valence electrons. The average molecular weight is 233 g/mol. The molecule has 0 spiro atoms. The van der Waals surface area contributed by atoms with Crippen LogP contribution in [0.5, 0.6) is 0 Å². The molecule has 16 heavy (non-hydrogen) atoms. The van der Waals surface area contributed by atoms with Crippen LogP contribution in [0.4, 0.5) is 9.80 Å². The number of hydrogen-bond donors (Lipinski definition) is 1. The maximum Gasteiger partial charge on any atom is 0.412 e. The zero-order valence-corrected chi connectivity index (χ0v) is 9.37. The molecule has 0 aliphatic rings. The molecule has 1 aromatic carbocycles. The van der Waals surface area contributed by atoms with E-state index in [2.05, 4.69) is 5.32 Å². The van der Waals surface area contributed by atoms with E-state index in [1.54, 1.807) is 0 Å². The van der Waals surface area contributed by atoms with Crippen LogP contribution in [0, 0.1) is 0 Å². The van der Waals surface area contributed by atoms with E-state index in [9.17, 15) is 4.79 Å². The van der Waals surface area contributed by atoms with Crippen molar-refractivity contribution in [2.75, 3.05) is 5.32 Å². The monoisotopic (exact) mass is 233 g/mol. The summed E-state index contributed by atoms with van der Waals surface area (Å²) in [5, 5.41) is 5.34. The van der Waals surface area contributed by atoms with Crippen LogP contribution < -0.4 is 5.32 Å². The van der Waals surface area contributed by atoms with Crippen molar-refractivity contribution in [3.63, 3.8) is 0 Å². The van der Waals surface area contributed by atoms with E-state index < -0.39 is 6.09 Å². The second-order valence-corrected chi connectivity index (χ2v) is 4.11. The number of carbonyl (C=O) groups excluding carboxylic acids is 1. The minimum absolute atomic E-state index is 0.290. The summed E-state index contributed by atoms with van der Waals surface area (Å²) in [5.41, 5.74) is 0.976. The van der Waals surface area contributed by atoms with E-state index in [0.29, 0.717) is 0 Å². The molecule has 3 nitrogen and oxygen atoms in total. The number of nitrogens with one attached hydrogen (secondary N) is 1. The van der Waals surface area contributed by atoms with Crippen molar-refractivity contribution >= 4 is 22.4 Å². The number of anilines is 1. The van der Waals surface area contributed by atoms with Gasteiger partial charge in [0, 0.05) is 0 Å². The van der Waals surface area contributed by atoms with Gasteiger partial charge in [0.15, 0.2) is 0 Å². The van der Waals surface area contributed by atoms with Gasteiger partial charge in [-0.2, -0.15) is 0 Å². The van der Waals surface area contributed by atoms with Crippen LogP contribution in [0.3, 0.4) is 0 Å². The van der Waals surface area contributed by atoms with Crippen molar-refractivity contribution in [2.24, 2.45) is 0 Å². The van der Waals surface area contributed by atoms with Crippen LogP contribution in [-0.4, -0.2) is 6.09 Å². The van der Waals surface area contributed by atoms with E-state index in [0.717, 1.165) is 10.6 Å². The Balaban J connectivity index is 1.80. The first-order valence-electron chi connectivity index (χ1n) is 4.86. The smallest absolute Gasteiger partial charge is 0.412 e. The Kier molecular flexibility index (Phi) is 3.56. The van der Waals surface area contributed by atoms with Crippen LogP contribution in [0.1, 0.15) is 5.56 Å². The van der Waals surface area contributed by atoms with Crippen molar-refractivity contribution in [1.82, 2.24) is 0 Å². The predicted molar refractivity (Wildman–Crippen MR) is 64.6 cm³/mol. The Hall–Kier alpha value is -1.81. The van der Waals surface area contributed by atoms with Crippen molar-refractivity contribution in [3.8, 4) is 0 Å². The summed E-state index contributed by atoms with van der Waals surface area (Å²) in [6.07, 6.45) is -0.425. The summed E-state index contributed by atoms with van der Waals surface area (Å²) < 4.78 is 5.06. The predicted octanol–water partition coefficient (Wildman–Crippen LogP) is 3.50. The first-order chi connectivity index (χ1) is 7.84. The molecule has 0 aliphatic carbocycles. The summed E-state index contributed by atoms with van der Waals surface area (Å²) in [7, 11) is 0. The lowest BCUT2D eigenvalue weighted by Gasteiger charge is -2.04. The maximum absolute atomic E-state index is 11.4. The quantitative estimate of drug-likeness (QED) is 0.881. The van der Waals surface area contributed by atoms with Gasteiger partial charge in [-0.3, -0.25) is 5.32 Å². The Morgan fingerprint density at radius 1 is 1.19 bits per heavy atom. The molecule has 2 aromatic rings. The number of carbonyl (C=O) groups is 1. The van der Waals surface area contributed by atoms with E-state index in [-0.39, 0.29) is 6.61 Å². The maximum atomic E-state index is 11.4. The fourth-order valence-electron chi connectivity index (χ4n) is 1.21. The van der Waals surface area contributed by atoms with E-state index in [1.807, 2.05) is 47.8 Å². The number of hydrogen-bond acceptors (Lipinski definition) is 3. The van der Waals surface area contributed by atoms with E-state index in [4.69, 9.17) is 4.74 Å². The molecule has 1 amide bonds. The summed E-state index contributed by atoms with van der Waals surface area (Å²) in [6.45, 7) is 0.290. The molecule has 0 saturated carbocycles. The highest BCUT2D eigenvalue weighted by atomic mass is 32.1. The molecule has 0 fully saturated rings. The highest BCUT2D eigenvalue weighted by molar-refractivity contribution is 7.14. The molecule has 0 bridgehead atoms. The summed E-state index contributed by atoms with van der Waals surface area (Å²) >= 11 is 1.46. The Bertz CT molecular complexity index is 439. The molecule has 1 aromatic heterocycles. The normalized spacial score (nSPS) is 9.75. The summed E-state index contributed by atoms with van der Waals surface area (Å²) in [6, 6.07) is 13.3. The van der Waals surface area contributed by atoms with Gasteiger partial charge in [0.25, 0.3) is 0 Å². The van der Waals surface area contributed by atoms with Crippen molar-refractivity contribution < 1.29 is 9.53 Å². The Morgan fingerprint density at radius 2 is 2.00 bits per heavy atom. The minimum atomic E-state index is -0.425. The fourth-order valence-corrected chi connectivity index (χ4v) is 1.81. The van der Waals surface area contributed by atoms with Gasteiger partial charge in [0.05, 0.1) is 5.00 Å².